The second kappa shape index (κ2) is 3.61. The summed E-state index contributed by atoms with van der Waals surface area (Å²) in [5.74, 6) is 0.515. The highest BCUT2D eigenvalue weighted by atomic mass is 16.3. The zero-order chi connectivity index (χ0) is 10.1. The molecule has 1 saturated carbocycles. The molecule has 0 aromatic carbocycles. The van der Waals surface area contributed by atoms with Gasteiger partial charge in [0, 0.05) is 0 Å². The summed E-state index contributed by atoms with van der Waals surface area (Å²) in [4.78, 5) is 0. The molecule has 13 heavy (non-hydrogen) atoms. The second-order valence-corrected chi connectivity index (χ2v) is 6.06. The fraction of sp³-hybridized carbons (Fsp3) is 1.00. The van der Waals surface area contributed by atoms with Crippen molar-refractivity contribution in [3.05, 3.63) is 0 Å². The SMILES string of the molecule is CC(C)(C)C[C@@H]1CCCC[C@@]1(C)O. The van der Waals surface area contributed by atoms with Crippen LogP contribution in [0, 0.1) is 11.3 Å². The molecule has 0 aromatic heterocycles. The quantitative estimate of drug-likeness (QED) is 0.662. The molecule has 0 heterocycles. The summed E-state index contributed by atoms with van der Waals surface area (Å²) in [5, 5.41) is 10.2. The molecule has 0 saturated heterocycles. The zero-order valence-electron chi connectivity index (χ0n) is 9.56. The van der Waals surface area contributed by atoms with Gasteiger partial charge < -0.3 is 5.11 Å². The van der Waals surface area contributed by atoms with E-state index in [1.807, 2.05) is 6.92 Å². The first-order valence-electron chi connectivity index (χ1n) is 5.54. The highest BCUT2D eigenvalue weighted by Gasteiger charge is 2.36. The van der Waals surface area contributed by atoms with Gasteiger partial charge >= 0.3 is 0 Å². The van der Waals surface area contributed by atoms with Crippen LogP contribution in [0.4, 0.5) is 0 Å². The maximum atomic E-state index is 10.2. The van der Waals surface area contributed by atoms with Gasteiger partial charge in [-0.2, -0.15) is 0 Å². The molecule has 0 amide bonds. The van der Waals surface area contributed by atoms with Gasteiger partial charge in [-0.1, -0.05) is 33.6 Å². The molecule has 78 valence electrons. The van der Waals surface area contributed by atoms with Crippen molar-refractivity contribution < 1.29 is 5.11 Å². The Kier molecular flexibility index (Phi) is 3.06. The lowest BCUT2D eigenvalue weighted by atomic mass is 9.70. The summed E-state index contributed by atoms with van der Waals surface area (Å²) in [5.41, 5.74) is -0.0441. The highest BCUT2D eigenvalue weighted by Crippen LogP contribution is 2.40. The Morgan fingerprint density at radius 3 is 2.38 bits per heavy atom. The van der Waals surface area contributed by atoms with Gasteiger partial charge in [0.05, 0.1) is 5.60 Å². The van der Waals surface area contributed by atoms with Crippen LogP contribution in [0.1, 0.15) is 59.8 Å². The normalized spacial score (nSPS) is 36.2. The lowest BCUT2D eigenvalue weighted by Gasteiger charge is -2.40. The molecular formula is C12H24O. The minimum Gasteiger partial charge on any atom is -0.390 e. The number of hydrogen-bond acceptors (Lipinski definition) is 1. The Morgan fingerprint density at radius 2 is 1.92 bits per heavy atom. The molecule has 0 aromatic rings. The number of hydrogen-bond donors (Lipinski definition) is 1. The summed E-state index contributed by atoms with van der Waals surface area (Å²) in [6.07, 6.45) is 5.86. The van der Waals surface area contributed by atoms with Crippen LogP contribution in [0.2, 0.25) is 0 Å². The van der Waals surface area contributed by atoms with E-state index in [4.69, 9.17) is 0 Å². The van der Waals surface area contributed by atoms with Crippen LogP contribution in [-0.4, -0.2) is 10.7 Å². The van der Waals surface area contributed by atoms with Gasteiger partial charge in [0.15, 0.2) is 0 Å². The Balaban J connectivity index is 2.56. The molecule has 1 nitrogen and oxygen atoms in total. The zero-order valence-corrected chi connectivity index (χ0v) is 9.56. The van der Waals surface area contributed by atoms with Crippen molar-refractivity contribution >= 4 is 0 Å². The minimum atomic E-state index is -0.397. The summed E-state index contributed by atoms with van der Waals surface area (Å²) in [6, 6.07) is 0. The Morgan fingerprint density at radius 1 is 1.31 bits per heavy atom. The standard InChI is InChI=1S/C12H24O/c1-11(2,3)9-10-7-5-6-8-12(10,4)13/h10,13H,5-9H2,1-4H3/t10-,12+/m0/s1. The van der Waals surface area contributed by atoms with Gasteiger partial charge in [0.25, 0.3) is 0 Å². The molecule has 0 unspecified atom stereocenters. The molecule has 0 bridgehead atoms. The first-order valence-corrected chi connectivity index (χ1v) is 5.54. The number of rotatable bonds is 1. The maximum absolute atomic E-state index is 10.2. The molecule has 0 aliphatic heterocycles. The molecular weight excluding hydrogens is 160 g/mol. The third kappa shape index (κ3) is 3.30. The summed E-state index contributed by atoms with van der Waals surface area (Å²) in [7, 11) is 0. The second-order valence-electron chi connectivity index (χ2n) is 6.06. The minimum absolute atomic E-state index is 0.353. The van der Waals surface area contributed by atoms with E-state index in [0.717, 1.165) is 12.8 Å². The topological polar surface area (TPSA) is 20.2 Å². The van der Waals surface area contributed by atoms with E-state index < -0.39 is 5.60 Å². The van der Waals surface area contributed by atoms with E-state index in [2.05, 4.69) is 20.8 Å². The predicted molar refractivity (Wildman–Crippen MR) is 56.7 cm³/mol. The molecule has 1 rings (SSSR count). The Bertz CT molecular complexity index is 164. The van der Waals surface area contributed by atoms with Crippen molar-refractivity contribution in [2.75, 3.05) is 0 Å². The third-order valence-corrected chi connectivity index (χ3v) is 3.22. The van der Waals surface area contributed by atoms with E-state index in [1.54, 1.807) is 0 Å². The summed E-state index contributed by atoms with van der Waals surface area (Å²) < 4.78 is 0. The van der Waals surface area contributed by atoms with Crippen LogP contribution >= 0.6 is 0 Å². The predicted octanol–water partition coefficient (Wildman–Crippen LogP) is 3.36. The van der Waals surface area contributed by atoms with Gasteiger partial charge in [-0.15, -0.1) is 0 Å². The van der Waals surface area contributed by atoms with Crippen molar-refractivity contribution in [2.24, 2.45) is 11.3 Å². The molecule has 1 aliphatic carbocycles. The smallest absolute Gasteiger partial charge is 0.0648 e. The van der Waals surface area contributed by atoms with Crippen LogP contribution in [0.5, 0.6) is 0 Å². The van der Waals surface area contributed by atoms with E-state index in [1.165, 1.54) is 19.3 Å². The molecule has 0 radical (unpaired) electrons. The van der Waals surface area contributed by atoms with Crippen LogP contribution < -0.4 is 0 Å². The first kappa shape index (κ1) is 11.0. The lowest BCUT2D eigenvalue weighted by Crippen LogP contribution is -2.39. The summed E-state index contributed by atoms with van der Waals surface area (Å²) in [6.45, 7) is 8.80. The molecule has 1 heteroatoms. The average molecular weight is 184 g/mol. The summed E-state index contributed by atoms with van der Waals surface area (Å²) >= 11 is 0. The maximum Gasteiger partial charge on any atom is 0.0648 e. The van der Waals surface area contributed by atoms with Crippen LogP contribution in [-0.2, 0) is 0 Å². The van der Waals surface area contributed by atoms with E-state index in [-0.39, 0.29) is 0 Å². The monoisotopic (exact) mass is 184 g/mol. The average Bonchev–Trinajstić information content (AvgIpc) is 1.91. The molecule has 0 spiro atoms. The van der Waals surface area contributed by atoms with Gasteiger partial charge in [-0.3, -0.25) is 0 Å². The Labute approximate surface area is 82.5 Å². The van der Waals surface area contributed by atoms with Crippen molar-refractivity contribution in [3.63, 3.8) is 0 Å². The number of aliphatic hydroxyl groups is 1. The van der Waals surface area contributed by atoms with E-state index >= 15 is 0 Å². The van der Waals surface area contributed by atoms with Gasteiger partial charge in [0.2, 0.25) is 0 Å². The molecule has 1 aliphatic rings. The highest BCUT2D eigenvalue weighted by molar-refractivity contribution is 4.88. The van der Waals surface area contributed by atoms with Crippen molar-refractivity contribution in [2.45, 2.75) is 65.4 Å². The van der Waals surface area contributed by atoms with E-state index in [0.29, 0.717) is 11.3 Å². The van der Waals surface area contributed by atoms with Gasteiger partial charge in [-0.25, -0.2) is 0 Å². The fourth-order valence-electron chi connectivity index (χ4n) is 2.45. The fourth-order valence-corrected chi connectivity index (χ4v) is 2.45. The van der Waals surface area contributed by atoms with Crippen LogP contribution in [0.25, 0.3) is 0 Å². The van der Waals surface area contributed by atoms with Crippen LogP contribution in [0.3, 0.4) is 0 Å². The Hall–Kier alpha value is -0.0400. The van der Waals surface area contributed by atoms with Crippen molar-refractivity contribution in [1.29, 1.82) is 0 Å². The molecule has 1 fully saturated rings. The first-order chi connectivity index (χ1) is 5.81. The van der Waals surface area contributed by atoms with E-state index in [9.17, 15) is 5.11 Å². The van der Waals surface area contributed by atoms with Crippen molar-refractivity contribution in [3.8, 4) is 0 Å². The van der Waals surface area contributed by atoms with Gasteiger partial charge in [-0.05, 0) is 37.5 Å². The molecule has 1 N–H and O–H groups in total. The van der Waals surface area contributed by atoms with Crippen LogP contribution in [0.15, 0.2) is 0 Å². The lowest BCUT2D eigenvalue weighted by molar-refractivity contribution is -0.0462. The van der Waals surface area contributed by atoms with Crippen molar-refractivity contribution in [1.82, 2.24) is 0 Å². The largest absolute Gasteiger partial charge is 0.390 e. The molecule has 2 atom stereocenters. The third-order valence-electron chi connectivity index (χ3n) is 3.22. The van der Waals surface area contributed by atoms with Gasteiger partial charge in [0.1, 0.15) is 0 Å².